The molecule has 0 saturated carbocycles. The number of nitrogens with zero attached hydrogens (tertiary/aromatic N) is 2. The normalized spacial score (nSPS) is 14.1. The Bertz CT molecular complexity index is 752. The summed E-state index contributed by atoms with van der Waals surface area (Å²) in [5, 5.41) is 5.46. The molecule has 1 heterocycles. The average molecular weight is 319 g/mol. The minimum Gasteiger partial charge on any atom is -0.267 e. The number of benzene rings is 2. The van der Waals surface area contributed by atoms with Crippen molar-refractivity contribution >= 4 is 41.2 Å². The van der Waals surface area contributed by atoms with E-state index >= 15 is 0 Å². The molecule has 3 rings (SSSR count). The number of hydrogen-bond donors (Lipinski definition) is 0. The highest BCUT2D eigenvalue weighted by atomic mass is 35.5. The van der Waals surface area contributed by atoms with Crippen LogP contribution in [0.3, 0.4) is 0 Å². The predicted octanol–water partition coefficient (Wildman–Crippen LogP) is 3.62. The molecule has 2 aromatic carbocycles. The van der Waals surface area contributed by atoms with Gasteiger partial charge in [-0.15, -0.1) is 0 Å². The van der Waals surface area contributed by atoms with Crippen molar-refractivity contribution in [3.8, 4) is 0 Å². The van der Waals surface area contributed by atoms with Crippen LogP contribution in [0, 0.1) is 0 Å². The van der Waals surface area contributed by atoms with Crippen LogP contribution in [0.2, 0.25) is 10.0 Å². The van der Waals surface area contributed by atoms with Crippen molar-refractivity contribution < 1.29 is 9.59 Å². The number of halogens is 2. The zero-order chi connectivity index (χ0) is 15.0. The van der Waals surface area contributed by atoms with E-state index in [0.29, 0.717) is 26.7 Å². The zero-order valence-corrected chi connectivity index (χ0v) is 12.1. The number of carbonyl (C=O) groups excluding carboxylic acids is 2. The zero-order valence-electron chi connectivity index (χ0n) is 10.6. The van der Waals surface area contributed by atoms with E-state index in [4.69, 9.17) is 23.2 Å². The lowest BCUT2D eigenvalue weighted by atomic mass is 10.1. The second-order valence-corrected chi connectivity index (χ2v) is 5.14. The predicted molar refractivity (Wildman–Crippen MR) is 81.0 cm³/mol. The molecule has 0 unspecified atom stereocenters. The number of carbonyl (C=O) groups is 2. The summed E-state index contributed by atoms with van der Waals surface area (Å²) < 4.78 is 0. The summed E-state index contributed by atoms with van der Waals surface area (Å²) >= 11 is 11.9. The molecule has 6 heteroatoms. The summed E-state index contributed by atoms with van der Waals surface area (Å²) in [5.74, 6) is -0.907. The molecule has 4 nitrogen and oxygen atoms in total. The van der Waals surface area contributed by atoms with E-state index in [-0.39, 0.29) is 0 Å². The highest BCUT2D eigenvalue weighted by Crippen LogP contribution is 2.25. The Morgan fingerprint density at radius 1 is 0.905 bits per heavy atom. The minimum absolute atomic E-state index is 0.319. The average Bonchev–Trinajstić information content (AvgIpc) is 2.73. The molecule has 1 aliphatic heterocycles. The van der Waals surface area contributed by atoms with Crippen LogP contribution in [0.5, 0.6) is 0 Å². The Morgan fingerprint density at radius 3 is 2.14 bits per heavy atom. The van der Waals surface area contributed by atoms with Crippen LogP contribution in [-0.2, 0) is 0 Å². The van der Waals surface area contributed by atoms with Crippen LogP contribution in [0.4, 0.5) is 0 Å². The molecule has 0 bridgehead atoms. The monoisotopic (exact) mass is 318 g/mol. The SMILES string of the molecule is O=C1c2ccccc2C(=O)N1/N=C/c1cccc(Cl)c1Cl. The van der Waals surface area contributed by atoms with Crippen LogP contribution < -0.4 is 0 Å². The van der Waals surface area contributed by atoms with E-state index in [9.17, 15) is 9.59 Å². The third kappa shape index (κ3) is 2.33. The Balaban J connectivity index is 1.93. The first-order valence-electron chi connectivity index (χ1n) is 6.05. The van der Waals surface area contributed by atoms with Crippen LogP contribution in [0.15, 0.2) is 47.6 Å². The number of hydrogen-bond acceptors (Lipinski definition) is 3. The first-order chi connectivity index (χ1) is 10.1. The molecule has 0 spiro atoms. The molecule has 21 heavy (non-hydrogen) atoms. The van der Waals surface area contributed by atoms with Gasteiger partial charge in [-0.3, -0.25) is 9.59 Å². The molecule has 1 aliphatic rings. The molecule has 0 saturated heterocycles. The lowest BCUT2D eigenvalue weighted by Crippen LogP contribution is -2.24. The summed E-state index contributed by atoms with van der Waals surface area (Å²) in [6.07, 6.45) is 1.34. The summed E-state index contributed by atoms with van der Waals surface area (Å²) in [7, 11) is 0. The summed E-state index contributed by atoms with van der Waals surface area (Å²) in [6.45, 7) is 0. The van der Waals surface area contributed by atoms with Gasteiger partial charge in [-0.1, -0.05) is 47.5 Å². The first kappa shape index (κ1) is 13.8. The van der Waals surface area contributed by atoms with Gasteiger partial charge in [-0.05, 0) is 18.2 Å². The molecule has 0 radical (unpaired) electrons. The fourth-order valence-electron chi connectivity index (χ4n) is 2.02. The Hall–Kier alpha value is -2.17. The molecule has 0 aromatic heterocycles. The molecule has 0 fully saturated rings. The Labute approximate surface area is 130 Å². The summed E-state index contributed by atoms with van der Waals surface area (Å²) in [6, 6.07) is 11.6. The van der Waals surface area contributed by atoms with Gasteiger partial charge in [0.1, 0.15) is 0 Å². The Kier molecular flexibility index (Phi) is 3.49. The van der Waals surface area contributed by atoms with Gasteiger partial charge in [0.25, 0.3) is 11.8 Å². The summed E-state index contributed by atoms with van der Waals surface area (Å²) in [5.41, 5.74) is 1.22. The van der Waals surface area contributed by atoms with E-state index in [1.165, 1.54) is 6.21 Å². The van der Waals surface area contributed by atoms with Gasteiger partial charge in [-0.2, -0.15) is 10.1 Å². The second kappa shape index (κ2) is 5.31. The highest BCUT2D eigenvalue weighted by Gasteiger charge is 2.35. The van der Waals surface area contributed by atoms with Crippen molar-refractivity contribution in [2.24, 2.45) is 5.10 Å². The van der Waals surface area contributed by atoms with Crippen molar-refractivity contribution in [3.63, 3.8) is 0 Å². The van der Waals surface area contributed by atoms with Crippen molar-refractivity contribution in [1.29, 1.82) is 0 Å². The molecule has 2 amide bonds. The number of imide groups is 1. The summed E-state index contributed by atoms with van der Waals surface area (Å²) in [4.78, 5) is 24.2. The molecule has 0 atom stereocenters. The Morgan fingerprint density at radius 2 is 1.52 bits per heavy atom. The number of fused-ring (bicyclic) bond motifs is 1. The highest BCUT2D eigenvalue weighted by molar-refractivity contribution is 6.43. The largest absolute Gasteiger partial charge is 0.282 e. The molecule has 104 valence electrons. The maximum absolute atomic E-state index is 12.1. The number of rotatable bonds is 2. The second-order valence-electron chi connectivity index (χ2n) is 4.36. The van der Waals surface area contributed by atoms with E-state index in [2.05, 4.69) is 5.10 Å². The quantitative estimate of drug-likeness (QED) is 0.627. The standard InChI is InChI=1S/C15H8Cl2N2O2/c16-12-7-3-4-9(13(12)17)8-18-19-14(20)10-5-1-2-6-11(10)15(19)21/h1-8H/b18-8+. The molecular weight excluding hydrogens is 311 g/mol. The maximum atomic E-state index is 12.1. The van der Waals surface area contributed by atoms with Crippen LogP contribution in [0.1, 0.15) is 26.3 Å². The van der Waals surface area contributed by atoms with Gasteiger partial charge in [0.15, 0.2) is 0 Å². The fraction of sp³-hybridized carbons (Fsp3) is 0. The van der Waals surface area contributed by atoms with Crippen molar-refractivity contribution in [1.82, 2.24) is 5.01 Å². The van der Waals surface area contributed by atoms with Crippen molar-refractivity contribution in [2.45, 2.75) is 0 Å². The van der Waals surface area contributed by atoms with Gasteiger partial charge < -0.3 is 0 Å². The van der Waals surface area contributed by atoms with Crippen molar-refractivity contribution in [3.05, 3.63) is 69.2 Å². The fourth-order valence-corrected chi connectivity index (χ4v) is 2.38. The maximum Gasteiger partial charge on any atom is 0.282 e. The molecule has 0 N–H and O–H groups in total. The van der Waals surface area contributed by atoms with Gasteiger partial charge in [0.05, 0.1) is 27.4 Å². The lowest BCUT2D eigenvalue weighted by molar-refractivity contribution is 0.0660. The van der Waals surface area contributed by atoms with Gasteiger partial charge in [-0.25, -0.2) is 0 Å². The van der Waals surface area contributed by atoms with E-state index in [0.717, 1.165) is 5.01 Å². The molecule has 2 aromatic rings. The first-order valence-corrected chi connectivity index (χ1v) is 6.81. The number of amides is 2. The smallest absolute Gasteiger partial charge is 0.267 e. The van der Waals surface area contributed by atoms with Crippen molar-refractivity contribution in [2.75, 3.05) is 0 Å². The minimum atomic E-state index is -0.454. The van der Waals surface area contributed by atoms with Gasteiger partial charge in [0, 0.05) is 5.56 Å². The third-order valence-corrected chi connectivity index (χ3v) is 3.90. The van der Waals surface area contributed by atoms with Crippen LogP contribution in [-0.4, -0.2) is 23.0 Å². The van der Waals surface area contributed by atoms with E-state index in [1.54, 1.807) is 42.5 Å². The lowest BCUT2D eigenvalue weighted by Gasteiger charge is -2.06. The topological polar surface area (TPSA) is 49.7 Å². The third-order valence-electron chi connectivity index (χ3n) is 3.07. The van der Waals surface area contributed by atoms with E-state index in [1.807, 2.05) is 0 Å². The van der Waals surface area contributed by atoms with E-state index < -0.39 is 11.8 Å². The molecular formula is C15H8Cl2N2O2. The van der Waals surface area contributed by atoms with Gasteiger partial charge in [0.2, 0.25) is 0 Å². The number of hydrazone groups is 1. The molecule has 0 aliphatic carbocycles. The van der Waals surface area contributed by atoms with Crippen LogP contribution in [0.25, 0.3) is 0 Å². The van der Waals surface area contributed by atoms with Gasteiger partial charge >= 0.3 is 0 Å². The van der Waals surface area contributed by atoms with Crippen LogP contribution >= 0.6 is 23.2 Å².